The van der Waals surface area contributed by atoms with Crippen molar-refractivity contribution in [3.05, 3.63) is 34.9 Å². The van der Waals surface area contributed by atoms with Crippen LogP contribution in [0.25, 0.3) is 0 Å². The van der Waals surface area contributed by atoms with Gasteiger partial charge in [0.25, 0.3) is 0 Å². The summed E-state index contributed by atoms with van der Waals surface area (Å²) < 4.78 is 0. The summed E-state index contributed by atoms with van der Waals surface area (Å²) in [5.74, 6) is 0.743. The number of aliphatic imine (C=N–C) groups is 1. The third-order valence-corrected chi connectivity index (χ3v) is 4.05. The summed E-state index contributed by atoms with van der Waals surface area (Å²) in [7, 11) is 0. The fraction of sp³-hybridized carbons (Fsp3) is 0.562. The summed E-state index contributed by atoms with van der Waals surface area (Å²) in [4.78, 5) is 4.55. The Morgan fingerprint density at radius 1 is 1.24 bits per heavy atom. The maximum Gasteiger partial charge on any atom is 0.191 e. The molecular weight excluding hydrogens is 286 g/mol. The molecule has 1 saturated carbocycles. The van der Waals surface area contributed by atoms with Gasteiger partial charge in [-0.3, -0.25) is 0 Å². The Kier molecular flexibility index (Phi) is 5.88. The number of nitrogens with zero attached hydrogens (tertiary/aromatic N) is 1. The molecule has 0 radical (unpaired) electrons. The van der Waals surface area contributed by atoms with Crippen LogP contribution in [-0.4, -0.2) is 29.8 Å². The lowest BCUT2D eigenvalue weighted by atomic mass is 10.0. The Labute approximate surface area is 131 Å². The van der Waals surface area contributed by atoms with Crippen molar-refractivity contribution in [2.24, 2.45) is 4.99 Å². The zero-order valence-electron chi connectivity index (χ0n) is 12.5. The van der Waals surface area contributed by atoms with E-state index < -0.39 is 5.60 Å². The van der Waals surface area contributed by atoms with Crippen LogP contribution in [0.5, 0.6) is 0 Å². The van der Waals surface area contributed by atoms with Crippen LogP contribution in [0.4, 0.5) is 0 Å². The van der Waals surface area contributed by atoms with Gasteiger partial charge >= 0.3 is 0 Å². The van der Waals surface area contributed by atoms with Crippen molar-refractivity contribution in [1.82, 2.24) is 10.6 Å². The van der Waals surface area contributed by atoms with Crippen LogP contribution in [-0.2, 0) is 6.54 Å². The van der Waals surface area contributed by atoms with Crippen molar-refractivity contribution < 1.29 is 5.11 Å². The van der Waals surface area contributed by atoms with Gasteiger partial charge in [-0.2, -0.15) is 0 Å². The predicted molar refractivity (Wildman–Crippen MR) is 87.7 cm³/mol. The van der Waals surface area contributed by atoms with Crippen LogP contribution in [0.3, 0.4) is 0 Å². The highest BCUT2D eigenvalue weighted by Crippen LogP contribution is 2.28. The SMILES string of the molecule is CCNC(=NCc1ccc(Cl)cc1)NCC1(O)CCCC1. The van der Waals surface area contributed by atoms with Crippen LogP contribution < -0.4 is 10.6 Å². The van der Waals surface area contributed by atoms with E-state index in [2.05, 4.69) is 15.6 Å². The number of hydrogen-bond acceptors (Lipinski definition) is 2. The zero-order valence-corrected chi connectivity index (χ0v) is 13.3. The molecule has 1 aromatic carbocycles. The summed E-state index contributed by atoms with van der Waals surface area (Å²) >= 11 is 5.87. The lowest BCUT2D eigenvalue weighted by molar-refractivity contribution is 0.0522. The maximum atomic E-state index is 10.4. The van der Waals surface area contributed by atoms with Gasteiger partial charge in [-0.25, -0.2) is 4.99 Å². The van der Waals surface area contributed by atoms with Crippen LogP contribution >= 0.6 is 11.6 Å². The minimum atomic E-state index is -0.573. The molecule has 21 heavy (non-hydrogen) atoms. The highest BCUT2D eigenvalue weighted by molar-refractivity contribution is 6.30. The monoisotopic (exact) mass is 309 g/mol. The molecule has 1 aromatic rings. The van der Waals surface area contributed by atoms with Gasteiger partial charge in [0.1, 0.15) is 0 Å². The van der Waals surface area contributed by atoms with Crippen molar-refractivity contribution in [3.63, 3.8) is 0 Å². The first kappa shape index (κ1) is 16.1. The van der Waals surface area contributed by atoms with E-state index in [9.17, 15) is 5.11 Å². The molecule has 5 heteroatoms. The van der Waals surface area contributed by atoms with Crippen molar-refractivity contribution >= 4 is 17.6 Å². The molecule has 0 unspecified atom stereocenters. The van der Waals surface area contributed by atoms with Gasteiger partial charge in [-0.1, -0.05) is 36.6 Å². The van der Waals surface area contributed by atoms with Gasteiger partial charge in [0.15, 0.2) is 5.96 Å². The second-order valence-electron chi connectivity index (χ2n) is 5.61. The van der Waals surface area contributed by atoms with Crippen LogP contribution in [0, 0.1) is 0 Å². The first-order chi connectivity index (χ1) is 10.1. The van der Waals surface area contributed by atoms with Crippen LogP contribution in [0.1, 0.15) is 38.2 Å². The van der Waals surface area contributed by atoms with Crippen molar-refractivity contribution in [2.45, 2.75) is 44.8 Å². The first-order valence-electron chi connectivity index (χ1n) is 7.60. The van der Waals surface area contributed by atoms with Crippen LogP contribution in [0.15, 0.2) is 29.3 Å². The summed E-state index contributed by atoms with van der Waals surface area (Å²) in [6, 6.07) is 7.68. The fourth-order valence-electron chi connectivity index (χ4n) is 2.56. The standard InChI is InChI=1S/C16H24ClN3O/c1-2-18-15(20-12-16(21)9-3-4-10-16)19-11-13-5-7-14(17)8-6-13/h5-8,21H,2-4,9-12H2,1H3,(H2,18,19,20). The highest BCUT2D eigenvalue weighted by atomic mass is 35.5. The molecule has 4 nitrogen and oxygen atoms in total. The summed E-state index contributed by atoms with van der Waals surface area (Å²) in [6.45, 7) is 3.97. The maximum absolute atomic E-state index is 10.4. The average Bonchev–Trinajstić information content (AvgIpc) is 2.91. The van der Waals surface area contributed by atoms with E-state index in [-0.39, 0.29) is 0 Å². The quantitative estimate of drug-likeness (QED) is 0.579. The molecule has 3 N–H and O–H groups in total. The van der Waals surface area contributed by atoms with E-state index in [1.54, 1.807) is 0 Å². The van der Waals surface area contributed by atoms with E-state index in [0.717, 1.165) is 48.8 Å². The van der Waals surface area contributed by atoms with Gasteiger partial charge in [-0.15, -0.1) is 0 Å². The Morgan fingerprint density at radius 2 is 1.90 bits per heavy atom. The topological polar surface area (TPSA) is 56.7 Å². The Hall–Kier alpha value is -1.26. The Morgan fingerprint density at radius 3 is 2.52 bits per heavy atom. The third-order valence-electron chi connectivity index (χ3n) is 3.80. The van der Waals surface area contributed by atoms with Gasteiger partial charge in [0.2, 0.25) is 0 Å². The molecule has 0 spiro atoms. The van der Waals surface area contributed by atoms with Gasteiger partial charge in [0, 0.05) is 18.1 Å². The number of halogens is 1. The summed E-state index contributed by atoms with van der Waals surface area (Å²) in [5, 5.41) is 17.6. The molecule has 0 aliphatic heterocycles. The van der Waals surface area contributed by atoms with Crippen molar-refractivity contribution in [3.8, 4) is 0 Å². The highest BCUT2D eigenvalue weighted by Gasteiger charge is 2.30. The number of aliphatic hydroxyl groups is 1. The molecule has 0 bridgehead atoms. The van der Waals surface area contributed by atoms with E-state index in [1.165, 1.54) is 0 Å². The van der Waals surface area contributed by atoms with E-state index in [0.29, 0.717) is 13.1 Å². The van der Waals surface area contributed by atoms with Gasteiger partial charge in [0.05, 0.1) is 12.1 Å². The molecule has 0 atom stereocenters. The van der Waals surface area contributed by atoms with Crippen molar-refractivity contribution in [2.75, 3.05) is 13.1 Å². The number of rotatable bonds is 5. The molecule has 116 valence electrons. The average molecular weight is 310 g/mol. The normalized spacial score (nSPS) is 17.8. The molecule has 0 amide bonds. The fourth-order valence-corrected chi connectivity index (χ4v) is 2.69. The molecule has 0 heterocycles. The first-order valence-corrected chi connectivity index (χ1v) is 7.98. The predicted octanol–water partition coefficient (Wildman–Crippen LogP) is 2.70. The second-order valence-corrected chi connectivity index (χ2v) is 6.04. The smallest absolute Gasteiger partial charge is 0.191 e. The Balaban J connectivity index is 1.90. The number of hydrogen-bond donors (Lipinski definition) is 3. The van der Waals surface area contributed by atoms with E-state index in [4.69, 9.17) is 11.6 Å². The molecule has 0 saturated heterocycles. The zero-order chi connectivity index (χ0) is 15.1. The number of guanidine groups is 1. The molecule has 2 rings (SSSR count). The van der Waals surface area contributed by atoms with Gasteiger partial charge < -0.3 is 15.7 Å². The van der Waals surface area contributed by atoms with Crippen LogP contribution in [0.2, 0.25) is 5.02 Å². The minimum absolute atomic E-state index is 0.555. The largest absolute Gasteiger partial charge is 0.388 e. The molecule has 0 aromatic heterocycles. The number of benzene rings is 1. The minimum Gasteiger partial charge on any atom is -0.388 e. The lowest BCUT2D eigenvalue weighted by Crippen LogP contribution is -2.46. The lowest BCUT2D eigenvalue weighted by Gasteiger charge is -2.23. The molecule has 1 aliphatic carbocycles. The number of nitrogens with one attached hydrogen (secondary N) is 2. The summed E-state index contributed by atoms with van der Waals surface area (Å²) in [6.07, 6.45) is 3.96. The van der Waals surface area contributed by atoms with Gasteiger partial charge in [-0.05, 0) is 37.5 Å². The second kappa shape index (κ2) is 7.66. The summed E-state index contributed by atoms with van der Waals surface area (Å²) in [5.41, 5.74) is 0.535. The van der Waals surface area contributed by atoms with E-state index in [1.807, 2.05) is 31.2 Å². The Bertz CT molecular complexity index is 467. The molecule has 1 fully saturated rings. The third kappa shape index (κ3) is 5.21. The molecule has 1 aliphatic rings. The van der Waals surface area contributed by atoms with E-state index >= 15 is 0 Å². The van der Waals surface area contributed by atoms with Crippen molar-refractivity contribution in [1.29, 1.82) is 0 Å². The molecular formula is C16H24ClN3O.